The quantitative estimate of drug-likeness (QED) is 0.0312. The molecule has 350 valence electrons. The molecule has 0 unspecified atom stereocenters. The van der Waals surface area contributed by atoms with Gasteiger partial charge in [-0.15, -0.1) is 0 Å². The number of carbonyl (C=O) groups excluding carboxylic acids is 5. The van der Waals surface area contributed by atoms with Gasteiger partial charge in [-0.05, 0) is 124 Å². The SMILES string of the molecule is C/C(N)=C/NN.CCOc1c(NC(=O)c2ccc(NC(=O)c3ccc(NC(=O)CNC(=O)c4ccc(NC(=O)/C(C)=C/c5ccc(O)cc5)cc4)cc3)c(OCC)c2O)ccc(C(=O)O)c1O. The van der Waals surface area contributed by atoms with Crippen molar-refractivity contribution in [1.29, 1.82) is 0 Å². The summed E-state index contributed by atoms with van der Waals surface area (Å²) in [5, 5.41) is 53.2. The van der Waals surface area contributed by atoms with Crippen molar-refractivity contribution < 1.29 is 58.7 Å². The minimum absolute atomic E-state index is 0.0288. The second-order valence-corrected chi connectivity index (χ2v) is 14.1. The molecule has 0 saturated carbocycles. The summed E-state index contributed by atoms with van der Waals surface area (Å²) >= 11 is 0. The first-order valence-corrected chi connectivity index (χ1v) is 20.2. The lowest BCUT2D eigenvalue weighted by Crippen LogP contribution is -2.32. The Balaban J connectivity index is 0.00000153. The van der Waals surface area contributed by atoms with Crippen molar-refractivity contribution in [2.45, 2.75) is 27.7 Å². The van der Waals surface area contributed by atoms with Gasteiger partial charge in [-0.2, -0.15) is 0 Å². The van der Waals surface area contributed by atoms with Gasteiger partial charge in [-0.3, -0.25) is 29.8 Å². The summed E-state index contributed by atoms with van der Waals surface area (Å²) in [6.45, 7) is 6.33. The molecule has 0 aliphatic carbocycles. The molecule has 0 fully saturated rings. The summed E-state index contributed by atoms with van der Waals surface area (Å²) < 4.78 is 10.9. The Morgan fingerprint density at radius 3 is 1.60 bits per heavy atom. The maximum absolute atomic E-state index is 13.2. The third kappa shape index (κ3) is 14.5. The van der Waals surface area contributed by atoms with E-state index in [-0.39, 0.29) is 71.0 Å². The Hall–Kier alpha value is -9.04. The Kier molecular flexibility index (Phi) is 18.2. The van der Waals surface area contributed by atoms with E-state index in [2.05, 4.69) is 32.0 Å². The van der Waals surface area contributed by atoms with E-state index in [1.165, 1.54) is 72.9 Å². The molecule has 0 spiro atoms. The van der Waals surface area contributed by atoms with Crippen molar-refractivity contribution >= 4 is 64.3 Å². The molecule has 0 radical (unpaired) electrons. The number of hydrogen-bond acceptors (Lipinski definition) is 14. The number of phenolic OH excluding ortho intramolecular Hbond substituents is 2. The number of benzene rings is 5. The molecule has 0 aromatic heterocycles. The van der Waals surface area contributed by atoms with Gasteiger partial charge in [-0.1, -0.05) is 12.1 Å². The first-order valence-electron chi connectivity index (χ1n) is 20.2. The molecule has 67 heavy (non-hydrogen) atoms. The number of carboxylic acid groups (broad SMARTS) is 1. The molecule has 0 atom stereocenters. The maximum atomic E-state index is 13.2. The Morgan fingerprint density at radius 2 is 1.10 bits per heavy atom. The number of hydrogen-bond donors (Lipinski definition) is 12. The van der Waals surface area contributed by atoms with Crippen molar-refractivity contribution in [3.63, 3.8) is 0 Å². The molecule has 5 aromatic carbocycles. The lowest BCUT2D eigenvalue weighted by molar-refractivity contribution is -0.115. The lowest BCUT2D eigenvalue weighted by atomic mass is 10.1. The second kappa shape index (κ2) is 24.1. The largest absolute Gasteiger partial charge is 0.508 e. The first kappa shape index (κ1) is 50.6. The predicted octanol–water partition coefficient (Wildman–Crippen LogP) is 5.48. The highest BCUT2D eigenvalue weighted by Crippen LogP contribution is 2.41. The number of carbonyl (C=O) groups is 6. The summed E-state index contributed by atoms with van der Waals surface area (Å²) in [4.78, 5) is 75.8. The molecule has 0 aliphatic rings. The number of hydrazine groups is 1. The molecular formula is C47H50N8O12. The topological polar surface area (TPSA) is 326 Å². The number of ether oxygens (including phenoxy) is 2. The van der Waals surface area contributed by atoms with Crippen molar-refractivity contribution in [3.8, 4) is 28.7 Å². The zero-order valence-electron chi connectivity index (χ0n) is 36.7. The minimum atomic E-state index is -1.41. The van der Waals surface area contributed by atoms with Crippen molar-refractivity contribution in [1.82, 2.24) is 10.7 Å². The zero-order valence-corrected chi connectivity index (χ0v) is 36.7. The number of nitrogens with two attached hydrogens (primary N) is 2. The number of allylic oxidation sites excluding steroid dienone is 1. The van der Waals surface area contributed by atoms with Crippen LogP contribution in [0.1, 0.15) is 74.7 Å². The van der Waals surface area contributed by atoms with Gasteiger partial charge in [0.05, 0.1) is 36.7 Å². The Bertz CT molecular complexity index is 2660. The fourth-order valence-electron chi connectivity index (χ4n) is 5.78. The summed E-state index contributed by atoms with van der Waals surface area (Å²) in [6.07, 6.45) is 3.18. The standard InChI is InChI=1S/C44H41N5O12.C3H9N3/c1-4-60-38-33(20-18-31(36(38)52)43(57)49-34-21-19-32(44(58)59)37(53)39(34)61-5-2)48-42(56)27-10-12-28(13-11-27)46-35(51)23-45-41(55)26-8-14-29(15-9-26)47-40(54)24(3)22-25-6-16-30(50)17-7-25;1-3(4)2-6-5/h6-22,50,52-53H,4-5,23H2,1-3H3,(H,45,55)(H,46,51)(H,47,54)(H,48,56)(H,49,57)(H,58,59);2,6H,4-5H2,1H3/b24-22+;3-2-. The average molecular weight is 919 g/mol. The van der Waals surface area contributed by atoms with Crippen molar-refractivity contribution in [2.24, 2.45) is 11.6 Å². The highest BCUT2D eigenvalue weighted by molar-refractivity contribution is 6.11. The zero-order chi connectivity index (χ0) is 49.2. The highest BCUT2D eigenvalue weighted by atomic mass is 16.5. The molecule has 5 amide bonds. The number of aromatic carboxylic acids is 1. The number of rotatable bonds is 17. The molecule has 14 N–H and O–H groups in total. The number of aromatic hydroxyl groups is 3. The molecule has 5 aromatic rings. The van der Waals surface area contributed by atoms with Gasteiger partial charge in [0.2, 0.25) is 5.91 Å². The van der Waals surface area contributed by atoms with Gasteiger partial charge in [0, 0.05) is 40.0 Å². The molecule has 0 heterocycles. The van der Waals surface area contributed by atoms with E-state index in [0.717, 1.165) is 11.6 Å². The minimum Gasteiger partial charge on any atom is -0.508 e. The number of carboxylic acids is 1. The molecule has 0 bridgehead atoms. The van der Waals surface area contributed by atoms with Crippen LogP contribution in [-0.4, -0.2) is 75.7 Å². The van der Waals surface area contributed by atoms with Gasteiger partial charge >= 0.3 is 5.97 Å². The third-order valence-electron chi connectivity index (χ3n) is 9.00. The van der Waals surface area contributed by atoms with Gasteiger partial charge < -0.3 is 67.6 Å². The number of nitrogens with one attached hydrogen (secondary N) is 6. The van der Waals surface area contributed by atoms with E-state index in [0.29, 0.717) is 22.6 Å². The summed E-state index contributed by atoms with van der Waals surface area (Å²) in [5.41, 5.74) is 9.68. The number of amides is 5. The summed E-state index contributed by atoms with van der Waals surface area (Å²) in [6, 6.07) is 23.1. The Morgan fingerprint density at radius 1 is 0.612 bits per heavy atom. The molecule has 20 nitrogen and oxygen atoms in total. The van der Waals surface area contributed by atoms with E-state index in [9.17, 15) is 49.2 Å². The van der Waals surface area contributed by atoms with Crippen LogP contribution in [0.5, 0.6) is 28.7 Å². The second-order valence-electron chi connectivity index (χ2n) is 14.1. The van der Waals surface area contributed by atoms with Crippen LogP contribution in [0, 0.1) is 0 Å². The van der Waals surface area contributed by atoms with Gasteiger partial charge in [0.1, 0.15) is 11.3 Å². The molecule has 5 rings (SSSR count). The molecule has 0 aliphatic heterocycles. The van der Waals surface area contributed by atoms with Crippen LogP contribution in [0.4, 0.5) is 22.7 Å². The van der Waals surface area contributed by atoms with E-state index in [1.54, 1.807) is 58.0 Å². The van der Waals surface area contributed by atoms with E-state index >= 15 is 0 Å². The van der Waals surface area contributed by atoms with Gasteiger partial charge in [-0.25, -0.2) is 4.79 Å². The average Bonchev–Trinajstić information content (AvgIpc) is 3.29. The highest BCUT2D eigenvalue weighted by Gasteiger charge is 2.24. The molecule has 0 saturated heterocycles. The lowest BCUT2D eigenvalue weighted by Gasteiger charge is -2.17. The predicted molar refractivity (Wildman–Crippen MR) is 251 cm³/mol. The molecular weight excluding hydrogens is 869 g/mol. The normalized spacial score (nSPS) is 10.9. The molecule has 20 heteroatoms. The first-order chi connectivity index (χ1) is 31.9. The number of anilines is 4. The van der Waals surface area contributed by atoms with E-state index in [1.807, 2.05) is 0 Å². The fourth-order valence-corrected chi connectivity index (χ4v) is 5.78. The van der Waals surface area contributed by atoms with Crippen molar-refractivity contribution in [2.75, 3.05) is 41.0 Å². The maximum Gasteiger partial charge on any atom is 0.339 e. The monoisotopic (exact) mass is 918 g/mol. The van der Waals surface area contributed by atoms with Crippen LogP contribution in [0.2, 0.25) is 0 Å². The smallest absolute Gasteiger partial charge is 0.339 e. The summed E-state index contributed by atoms with van der Waals surface area (Å²) in [5.74, 6) is -1.18. The third-order valence-corrected chi connectivity index (χ3v) is 9.00. The van der Waals surface area contributed by atoms with Crippen LogP contribution in [-0.2, 0) is 9.59 Å². The number of phenols is 3. The van der Waals surface area contributed by atoms with Crippen LogP contribution in [0.25, 0.3) is 6.08 Å². The van der Waals surface area contributed by atoms with E-state index in [4.69, 9.17) is 21.1 Å². The summed E-state index contributed by atoms with van der Waals surface area (Å²) in [7, 11) is 0. The van der Waals surface area contributed by atoms with Crippen molar-refractivity contribution in [3.05, 3.63) is 142 Å². The van der Waals surface area contributed by atoms with Crippen LogP contribution in [0.15, 0.2) is 115 Å². The van der Waals surface area contributed by atoms with Crippen LogP contribution < -0.4 is 53.1 Å². The van der Waals surface area contributed by atoms with Gasteiger partial charge in [0.15, 0.2) is 23.0 Å². The van der Waals surface area contributed by atoms with Crippen LogP contribution in [0.3, 0.4) is 0 Å². The van der Waals surface area contributed by atoms with Gasteiger partial charge in [0.25, 0.3) is 23.6 Å². The Labute approximate surface area is 384 Å². The van der Waals surface area contributed by atoms with E-state index < -0.39 is 46.7 Å². The van der Waals surface area contributed by atoms with Crippen LogP contribution >= 0.6 is 0 Å². The fraction of sp³-hybridized carbons (Fsp3) is 0.149.